The average Bonchev–Trinajstić information content (AvgIpc) is 2.70. The van der Waals surface area contributed by atoms with E-state index in [9.17, 15) is 9.59 Å². The predicted molar refractivity (Wildman–Crippen MR) is 112 cm³/mol. The lowest BCUT2D eigenvalue weighted by Gasteiger charge is -2.11. The summed E-state index contributed by atoms with van der Waals surface area (Å²) in [5.74, 6) is -0.441. The summed E-state index contributed by atoms with van der Waals surface area (Å²) >= 11 is 0. The standard InChI is InChI=1S/C22H22N4O2/c1-3-16-6-4-5-7-20(16)25-19-12-13-21(23-14-19)22(28)26-18-10-8-17(9-11-18)24-15(2)27/h4-14,25H,3H2,1-2H3,(H,24,27)(H,26,28). The van der Waals surface area contributed by atoms with Crippen LogP contribution in [0, 0.1) is 0 Å². The summed E-state index contributed by atoms with van der Waals surface area (Å²) < 4.78 is 0. The van der Waals surface area contributed by atoms with Crippen molar-refractivity contribution in [2.75, 3.05) is 16.0 Å². The van der Waals surface area contributed by atoms with Gasteiger partial charge >= 0.3 is 0 Å². The number of anilines is 4. The molecule has 0 aliphatic carbocycles. The van der Waals surface area contributed by atoms with Gasteiger partial charge in [-0.15, -0.1) is 0 Å². The van der Waals surface area contributed by atoms with Crippen molar-refractivity contribution in [2.45, 2.75) is 20.3 Å². The lowest BCUT2D eigenvalue weighted by Crippen LogP contribution is -2.13. The number of para-hydroxylation sites is 1. The number of carbonyl (C=O) groups is 2. The highest BCUT2D eigenvalue weighted by molar-refractivity contribution is 6.03. The Labute approximate surface area is 164 Å². The van der Waals surface area contributed by atoms with Crippen LogP contribution in [0.1, 0.15) is 29.9 Å². The van der Waals surface area contributed by atoms with Gasteiger partial charge in [0.15, 0.2) is 0 Å². The quantitative estimate of drug-likeness (QED) is 0.589. The number of rotatable bonds is 6. The summed E-state index contributed by atoms with van der Waals surface area (Å²) in [4.78, 5) is 27.7. The molecular weight excluding hydrogens is 352 g/mol. The summed E-state index contributed by atoms with van der Waals surface area (Å²) in [6, 6.07) is 18.5. The van der Waals surface area contributed by atoms with Gasteiger partial charge in [-0.25, -0.2) is 4.98 Å². The number of aryl methyl sites for hydroxylation is 1. The van der Waals surface area contributed by atoms with E-state index in [1.54, 1.807) is 36.5 Å². The minimum Gasteiger partial charge on any atom is -0.354 e. The number of pyridine rings is 1. The summed E-state index contributed by atoms with van der Waals surface area (Å²) in [5, 5.41) is 8.80. The molecule has 1 heterocycles. The minimum atomic E-state index is -0.298. The molecular formula is C22H22N4O2. The van der Waals surface area contributed by atoms with Crippen molar-refractivity contribution in [1.82, 2.24) is 4.98 Å². The number of carbonyl (C=O) groups excluding carboxylic acids is 2. The number of amides is 2. The van der Waals surface area contributed by atoms with E-state index < -0.39 is 0 Å². The van der Waals surface area contributed by atoms with Crippen LogP contribution in [0.2, 0.25) is 0 Å². The van der Waals surface area contributed by atoms with Crippen molar-refractivity contribution in [1.29, 1.82) is 0 Å². The molecule has 0 aliphatic heterocycles. The first-order valence-electron chi connectivity index (χ1n) is 9.05. The third-order valence-corrected chi connectivity index (χ3v) is 4.14. The van der Waals surface area contributed by atoms with Crippen molar-refractivity contribution in [3.63, 3.8) is 0 Å². The number of aromatic nitrogens is 1. The van der Waals surface area contributed by atoms with Crippen molar-refractivity contribution >= 4 is 34.6 Å². The molecule has 0 spiro atoms. The zero-order chi connectivity index (χ0) is 19.9. The predicted octanol–water partition coefficient (Wildman–Crippen LogP) is 4.60. The number of nitrogens with one attached hydrogen (secondary N) is 3. The summed E-state index contributed by atoms with van der Waals surface area (Å²) in [7, 11) is 0. The molecule has 1 aromatic heterocycles. The molecule has 3 aromatic rings. The number of nitrogens with zero attached hydrogens (tertiary/aromatic N) is 1. The Balaban J connectivity index is 1.64. The Hall–Kier alpha value is -3.67. The second-order valence-corrected chi connectivity index (χ2v) is 6.28. The fourth-order valence-electron chi connectivity index (χ4n) is 2.74. The van der Waals surface area contributed by atoms with Crippen LogP contribution >= 0.6 is 0 Å². The van der Waals surface area contributed by atoms with E-state index in [1.807, 2.05) is 24.3 Å². The molecule has 0 atom stereocenters. The van der Waals surface area contributed by atoms with Crippen LogP contribution < -0.4 is 16.0 Å². The molecule has 0 radical (unpaired) electrons. The van der Waals surface area contributed by atoms with Gasteiger partial charge in [0.2, 0.25) is 5.91 Å². The normalized spacial score (nSPS) is 10.2. The van der Waals surface area contributed by atoms with Gasteiger partial charge in [-0.3, -0.25) is 9.59 Å². The van der Waals surface area contributed by atoms with E-state index in [-0.39, 0.29) is 11.8 Å². The molecule has 0 aliphatic rings. The maximum Gasteiger partial charge on any atom is 0.274 e. The lowest BCUT2D eigenvalue weighted by molar-refractivity contribution is -0.114. The van der Waals surface area contributed by atoms with Crippen LogP contribution in [0.15, 0.2) is 66.9 Å². The van der Waals surface area contributed by atoms with Crippen LogP contribution in [-0.2, 0) is 11.2 Å². The molecule has 142 valence electrons. The smallest absolute Gasteiger partial charge is 0.274 e. The third kappa shape index (κ3) is 4.94. The van der Waals surface area contributed by atoms with E-state index in [0.717, 1.165) is 17.8 Å². The Morgan fingerprint density at radius 1 is 0.857 bits per heavy atom. The molecule has 0 bridgehead atoms. The molecule has 0 fully saturated rings. The fourth-order valence-corrected chi connectivity index (χ4v) is 2.74. The van der Waals surface area contributed by atoms with Crippen LogP contribution in [-0.4, -0.2) is 16.8 Å². The molecule has 28 heavy (non-hydrogen) atoms. The highest BCUT2D eigenvalue weighted by Gasteiger charge is 2.08. The molecule has 3 N–H and O–H groups in total. The van der Waals surface area contributed by atoms with Crippen molar-refractivity contribution in [3.05, 3.63) is 78.1 Å². The Morgan fingerprint density at radius 3 is 2.11 bits per heavy atom. The molecule has 2 amide bonds. The topological polar surface area (TPSA) is 83.1 Å². The average molecular weight is 374 g/mol. The molecule has 3 rings (SSSR count). The van der Waals surface area contributed by atoms with Gasteiger partial charge in [-0.05, 0) is 54.4 Å². The van der Waals surface area contributed by atoms with Gasteiger partial charge in [0.1, 0.15) is 5.69 Å². The van der Waals surface area contributed by atoms with Gasteiger partial charge in [-0.1, -0.05) is 25.1 Å². The minimum absolute atomic E-state index is 0.142. The maximum atomic E-state index is 12.4. The summed E-state index contributed by atoms with van der Waals surface area (Å²) in [6.07, 6.45) is 2.57. The summed E-state index contributed by atoms with van der Waals surface area (Å²) in [6.45, 7) is 3.55. The molecule has 0 unspecified atom stereocenters. The monoisotopic (exact) mass is 374 g/mol. The van der Waals surface area contributed by atoms with Gasteiger partial charge < -0.3 is 16.0 Å². The number of benzene rings is 2. The van der Waals surface area contributed by atoms with Gasteiger partial charge in [-0.2, -0.15) is 0 Å². The van der Waals surface area contributed by atoms with Crippen LogP contribution in [0.3, 0.4) is 0 Å². The maximum absolute atomic E-state index is 12.4. The largest absolute Gasteiger partial charge is 0.354 e. The fraction of sp³-hybridized carbons (Fsp3) is 0.136. The second kappa shape index (κ2) is 8.81. The highest BCUT2D eigenvalue weighted by Crippen LogP contribution is 2.21. The van der Waals surface area contributed by atoms with Crippen LogP contribution in [0.25, 0.3) is 0 Å². The zero-order valence-corrected chi connectivity index (χ0v) is 15.8. The Bertz CT molecular complexity index is 967. The zero-order valence-electron chi connectivity index (χ0n) is 15.8. The van der Waals surface area contributed by atoms with E-state index in [4.69, 9.17) is 0 Å². The Morgan fingerprint density at radius 2 is 1.50 bits per heavy atom. The van der Waals surface area contributed by atoms with Crippen molar-refractivity contribution in [2.24, 2.45) is 0 Å². The first-order chi connectivity index (χ1) is 13.5. The van der Waals surface area contributed by atoms with E-state index in [2.05, 4.69) is 33.9 Å². The third-order valence-electron chi connectivity index (χ3n) is 4.14. The lowest BCUT2D eigenvalue weighted by atomic mass is 10.1. The molecule has 0 saturated carbocycles. The van der Waals surface area contributed by atoms with Gasteiger partial charge in [0.25, 0.3) is 5.91 Å². The molecule has 6 nitrogen and oxygen atoms in total. The van der Waals surface area contributed by atoms with Gasteiger partial charge in [0.05, 0.1) is 11.9 Å². The number of hydrogen-bond acceptors (Lipinski definition) is 4. The van der Waals surface area contributed by atoms with E-state index in [0.29, 0.717) is 17.1 Å². The highest BCUT2D eigenvalue weighted by atomic mass is 16.2. The van der Waals surface area contributed by atoms with E-state index in [1.165, 1.54) is 12.5 Å². The first-order valence-corrected chi connectivity index (χ1v) is 9.05. The first kappa shape index (κ1) is 19.1. The molecule has 0 saturated heterocycles. The van der Waals surface area contributed by atoms with Crippen molar-refractivity contribution in [3.8, 4) is 0 Å². The van der Waals surface area contributed by atoms with E-state index >= 15 is 0 Å². The van der Waals surface area contributed by atoms with Crippen LogP contribution in [0.5, 0.6) is 0 Å². The van der Waals surface area contributed by atoms with Gasteiger partial charge in [0, 0.05) is 24.0 Å². The summed E-state index contributed by atoms with van der Waals surface area (Å²) in [5.41, 5.74) is 4.68. The molecule has 2 aromatic carbocycles. The molecule has 6 heteroatoms. The van der Waals surface area contributed by atoms with Crippen LogP contribution in [0.4, 0.5) is 22.7 Å². The second-order valence-electron chi connectivity index (χ2n) is 6.28. The number of hydrogen-bond donors (Lipinski definition) is 3. The Kier molecular flexibility index (Phi) is 6.01. The van der Waals surface area contributed by atoms with Crippen molar-refractivity contribution < 1.29 is 9.59 Å². The SMILES string of the molecule is CCc1ccccc1Nc1ccc(C(=O)Nc2ccc(NC(C)=O)cc2)nc1.